The highest BCUT2D eigenvalue weighted by molar-refractivity contribution is 5.78. The minimum atomic E-state index is -0.468. The summed E-state index contributed by atoms with van der Waals surface area (Å²) in [5, 5.41) is 10.5. The Morgan fingerprint density at radius 1 is 1.19 bits per heavy atom. The average molecular weight is 365 g/mol. The molecule has 4 heteroatoms. The number of unbranched alkanes of at least 4 members (excludes halogenated alkanes) is 4. The first-order chi connectivity index (χ1) is 12.6. The van der Waals surface area contributed by atoms with Gasteiger partial charge in [-0.25, -0.2) is 0 Å². The van der Waals surface area contributed by atoms with Crippen molar-refractivity contribution in [3.8, 4) is 0 Å². The number of fused-ring (bicyclic) bond motifs is 1. The lowest BCUT2D eigenvalue weighted by molar-refractivity contribution is -0.151. The molecule has 1 heterocycles. The summed E-state index contributed by atoms with van der Waals surface area (Å²) in [6, 6.07) is 0. The molecule has 2 aliphatic rings. The summed E-state index contributed by atoms with van der Waals surface area (Å²) >= 11 is 0. The number of carbonyl (C=O) groups is 2. The molecule has 0 spiro atoms. The molecule has 0 bridgehead atoms. The lowest BCUT2D eigenvalue weighted by Crippen LogP contribution is -2.26. The summed E-state index contributed by atoms with van der Waals surface area (Å²) in [7, 11) is 0. The molecule has 26 heavy (non-hydrogen) atoms. The third kappa shape index (κ3) is 6.86. The van der Waals surface area contributed by atoms with Gasteiger partial charge in [0.1, 0.15) is 11.9 Å². The first-order valence-electron chi connectivity index (χ1n) is 10.7. The fourth-order valence-electron chi connectivity index (χ4n) is 4.36. The van der Waals surface area contributed by atoms with E-state index in [9.17, 15) is 14.7 Å². The second-order valence-corrected chi connectivity index (χ2v) is 8.00. The van der Waals surface area contributed by atoms with Gasteiger partial charge in [0.05, 0.1) is 6.10 Å². The number of allylic oxidation sites excluding steroid dienone is 2. The van der Waals surface area contributed by atoms with Gasteiger partial charge in [0, 0.05) is 31.6 Å². The van der Waals surface area contributed by atoms with Gasteiger partial charge in [-0.2, -0.15) is 0 Å². The van der Waals surface area contributed by atoms with Crippen molar-refractivity contribution in [3.63, 3.8) is 0 Å². The fraction of sp³-hybridized carbons (Fsp3) is 0.818. The first kappa shape index (κ1) is 21.1. The maximum absolute atomic E-state index is 12.2. The van der Waals surface area contributed by atoms with Crippen molar-refractivity contribution < 1.29 is 19.4 Å². The summed E-state index contributed by atoms with van der Waals surface area (Å²) in [6.45, 7) is 2.19. The van der Waals surface area contributed by atoms with Crippen LogP contribution in [0.4, 0.5) is 0 Å². The van der Waals surface area contributed by atoms with Gasteiger partial charge >= 0.3 is 5.97 Å². The lowest BCUT2D eigenvalue weighted by atomic mass is 9.85. The summed E-state index contributed by atoms with van der Waals surface area (Å²) in [6.07, 6.45) is 14.9. The Kier molecular flexibility index (Phi) is 9.38. The van der Waals surface area contributed by atoms with Crippen LogP contribution in [0.1, 0.15) is 90.4 Å². The van der Waals surface area contributed by atoms with Crippen molar-refractivity contribution in [2.24, 2.45) is 11.8 Å². The van der Waals surface area contributed by atoms with Crippen molar-refractivity contribution in [2.45, 2.75) is 103 Å². The molecule has 4 atom stereocenters. The zero-order valence-corrected chi connectivity index (χ0v) is 16.3. The summed E-state index contributed by atoms with van der Waals surface area (Å²) < 4.78 is 5.64. The molecule has 0 unspecified atom stereocenters. The number of hydrogen-bond donors (Lipinski definition) is 1. The molecule has 148 valence electrons. The quantitative estimate of drug-likeness (QED) is 0.365. The zero-order valence-electron chi connectivity index (χ0n) is 16.3. The minimum absolute atomic E-state index is 0.0564. The van der Waals surface area contributed by atoms with Crippen LogP contribution in [0.2, 0.25) is 0 Å². The molecule has 1 aliphatic carbocycles. The van der Waals surface area contributed by atoms with E-state index < -0.39 is 6.10 Å². The maximum atomic E-state index is 12.2. The van der Waals surface area contributed by atoms with E-state index in [2.05, 4.69) is 19.1 Å². The molecule has 2 rings (SSSR count). The Balaban J connectivity index is 1.82. The number of aliphatic hydroxyl groups is 1. The molecular weight excluding hydrogens is 328 g/mol. The first-order valence-corrected chi connectivity index (χ1v) is 10.7. The van der Waals surface area contributed by atoms with Gasteiger partial charge in [0.25, 0.3) is 0 Å². The van der Waals surface area contributed by atoms with Gasteiger partial charge < -0.3 is 9.84 Å². The van der Waals surface area contributed by atoms with Gasteiger partial charge in [-0.15, -0.1) is 0 Å². The van der Waals surface area contributed by atoms with Crippen molar-refractivity contribution in [1.82, 2.24) is 0 Å². The monoisotopic (exact) mass is 364 g/mol. The Bertz CT molecular complexity index is 471. The Morgan fingerprint density at radius 3 is 2.81 bits per heavy atom. The minimum Gasteiger partial charge on any atom is -0.462 e. The summed E-state index contributed by atoms with van der Waals surface area (Å²) in [5.41, 5.74) is 0. The number of hydrogen-bond acceptors (Lipinski definition) is 4. The normalized spacial score (nSPS) is 29.2. The Labute approximate surface area is 158 Å². The van der Waals surface area contributed by atoms with Crippen LogP contribution in [0, 0.1) is 11.8 Å². The standard InChI is InChI=1S/C22H36O4/c1-2-3-4-5-8-11-17(23)14-15-18-19-12-9-6-7-10-13-22(25)26-21(19)16-20(18)24/h6,9,18-21,24H,2-5,7-8,10-16H2,1H3/t18-,19-,20-,21+/m1/s1. The summed E-state index contributed by atoms with van der Waals surface area (Å²) in [4.78, 5) is 24.1. The van der Waals surface area contributed by atoms with Crippen molar-refractivity contribution in [3.05, 3.63) is 12.2 Å². The van der Waals surface area contributed by atoms with E-state index in [-0.39, 0.29) is 23.9 Å². The molecular formula is C22H36O4. The van der Waals surface area contributed by atoms with Gasteiger partial charge in [-0.1, -0.05) is 44.8 Å². The van der Waals surface area contributed by atoms with Crippen LogP contribution in [0.25, 0.3) is 0 Å². The highest BCUT2D eigenvalue weighted by atomic mass is 16.5. The van der Waals surface area contributed by atoms with E-state index in [1.165, 1.54) is 19.3 Å². The van der Waals surface area contributed by atoms with Gasteiger partial charge in [-0.05, 0) is 38.0 Å². The fourth-order valence-corrected chi connectivity index (χ4v) is 4.36. The van der Waals surface area contributed by atoms with Crippen molar-refractivity contribution >= 4 is 11.8 Å². The summed E-state index contributed by atoms with van der Waals surface area (Å²) in [5.74, 6) is 0.359. The van der Waals surface area contributed by atoms with E-state index >= 15 is 0 Å². The number of carbonyl (C=O) groups excluding carboxylic acids is 2. The van der Waals surface area contributed by atoms with E-state index in [0.29, 0.717) is 37.9 Å². The Hall–Kier alpha value is -1.16. The predicted molar refractivity (Wildman–Crippen MR) is 103 cm³/mol. The number of ether oxygens (including phenoxy) is 1. The number of ketones is 1. The zero-order chi connectivity index (χ0) is 18.8. The molecule has 1 N–H and O–H groups in total. The molecule has 0 aromatic carbocycles. The third-order valence-electron chi connectivity index (χ3n) is 5.92. The van der Waals surface area contributed by atoms with Crippen molar-refractivity contribution in [2.75, 3.05) is 0 Å². The molecule has 0 saturated heterocycles. The highest BCUT2D eigenvalue weighted by Crippen LogP contribution is 2.40. The van der Waals surface area contributed by atoms with E-state index in [0.717, 1.165) is 32.1 Å². The Morgan fingerprint density at radius 2 is 2.00 bits per heavy atom. The molecule has 0 aromatic rings. The van der Waals surface area contributed by atoms with E-state index in [4.69, 9.17) is 4.74 Å². The second kappa shape index (κ2) is 11.5. The maximum Gasteiger partial charge on any atom is 0.306 e. The van der Waals surface area contributed by atoms with Gasteiger partial charge in [0.2, 0.25) is 0 Å². The number of rotatable bonds is 9. The SMILES string of the molecule is CCCCCCCC(=O)CC[C@@H]1[C@H]2CC=CCCCC(=O)O[C@H]2C[C@H]1O. The van der Waals surface area contributed by atoms with Crippen LogP contribution in [0.3, 0.4) is 0 Å². The third-order valence-corrected chi connectivity index (χ3v) is 5.92. The van der Waals surface area contributed by atoms with Crippen LogP contribution in [-0.2, 0) is 14.3 Å². The highest BCUT2D eigenvalue weighted by Gasteiger charge is 2.43. The van der Waals surface area contributed by atoms with Crippen LogP contribution in [0.5, 0.6) is 0 Å². The largest absolute Gasteiger partial charge is 0.462 e. The van der Waals surface area contributed by atoms with Gasteiger partial charge in [0.15, 0.2) is 0 Å². The van der Waals surface area contributed by atoms with Gasteiger partial charge in [-0.3, -0.25) is 9.59 Å². The molecule has 0 aromatic heterocycles. The molecule has 1 aliphatic heterocycles. The molecule has 1 fully saturated rings. The topological polar surface area (TPSA) is 63.6 Å². The van der Waals surface area contributed by atoms with Crippen LogP contribution >= 0.6 is 0 Å². The van der Waals surface area contributed by atoms with Crippen LogP contribution in [-0.4, -0.2) is 29.1 Å². The molecule has 4 nitrogen and oxygen atoms in total. The average Bonchev–Trinajstić information content (AvgIpc) is 2.90. The molecule has 0 amide bonds. The van der Waals surface area contributed by atoms with E-state index in [1.807, 2.05) is 0 Å². The van der Waals surface area contributed by atoms with Crippen LogP contribution < -0.4 is 0 Å². The predicted octanol–water partition coefficient (Wildman–Crippen LogP) is 4.74. The van der Waals surface area contributed by atoms with E-state index in [1.54, 1.807) is 0 Å². The smallest absolute Gasteiger partial charge is 0.306 e. The lowest BCUT2D eigenvalue weighted by Gasteiger charge is -2.25. The molecule has 1 saturated carbocycles. The van der Waals surface area contributed by atoms with Crippen LogP contribution in [0.15, 0.2) is 12.2 Å². The number of esters is 1. The molecule has 0 radical (unpaired) electrons. The van der Waals surface area contributed by atoms with Crippen molar-refractivity contribution in [1.29, 1.82) is 0 Å². The second-order valence-electron chi connectivity index (χ2n) is 8.00. The number of aliphatic hydroxyl groups excluding tert-OH is 1. The number of Topliss-reactive ketones (excluding diaryl/α,β-unsaturated/α-hetero) is 1.